The van der Waals surface area contributed by atoms with Crippen LogP contribution in [0.25, 0.3) is 0 Å². The van der Waals surface area contributed by atoms with Crippen molar-refractivity contribution in [3.05, 3.63) is 29.6 Å². The lowest BCUT2D eigenvalue weighted by Crippen LogP contribution is -2.24. The molecule has 2 nitrogen and oxygen atoms in total. The molecule has 17 heavy (non-hydrogen) atoms. The Morgan fingerprint density at radius 2 is 2.18 bits per heavy atom. The van der Waals surface area contributed by atoms with Gasteiger partial charge in [0, 0.05) is 25.9 Å². The zero-order chi connectivity index (χ0) is 12.7. The average molecular weight is 256 g/mol. The van der Waals surface area contributed by atoms with Gasteiger partial charge >= 0.3 is 0 Å². The molecule has 1 rings (SSSR count). The Bertz CT molecular complexity index is 344. The highest BCUT2D eigenvalue weighted by Gasteiger charge is 2.12. The minimum Gasteiger partial charge on any atom is -0.371 e. The SMILES string of the molecule is CCNCc1cccc(F)c1N(C)CCSC. The fourth-order valence-corrected chi connectivity index (χ4v) is 2.19. The largest absolute Gasteiger partial charge is 0.371 e. The van der Waals surface area contributed by atoms with Crippen molar-refractivity contribution in [3.8, 4) is 0 Å². The molecular formula is C13H21FN2S. The Labute approximate surface area is 108 Å². The Balaban J connectivity index is 2.85. The third kappa shape index (κ3) is 4.21. The van der Waals surface area contributed by atoms with Crippen LogP contribution in [0.2, 0.25) is 0 Å². The summed E-state index contributed by atoms with van der Waals surface area (Å²) in [7, 11) is 1.95. The fraction of sp³-hybridized carbons (Fsp3) is 0.538. The molecule has 0 amide bonds. The van der Waals surface area contributed by atoms with Crippen LogP contribution in [0.15, 0.2) is 18.2 Å². The number of nitrogens with zero attached hydrogens (tertiary/aromatic N) is 1. The lowest BCUT2D eigenvalue weighted by atomic mass is 10.1. The molecule has 96 valence electrons. The minimum atomic E-state index is -0.135. The molecule has 0 aromatic heterocycles. The van der Waals surface area contributed by atoms with Crippen LogP contribution >= 0.6 is 11.8 Å². The number of benzene rings is 1. The fourth-order valence-electron chi connectivity index (χ4n) is 1.73. The van der Waals surface area contributed by atoms with Gasteiger partial charge in [-0.2, -0.15) is 11.8 Å². The van der Waals surface area contributed by atoms with Crippen molar-refractivity contribution in [3.63, 3.8) is 0 Å². The van der Waals surface area contributed by atoms with Crippen molar-refractivity contribution in [1.29, 1.82) is 0 Å². The van der Waals surface area contributed by atoms with E-state index in [0.29, 0.717) is 6.54 Å². The summed E-state index contributed by atoms with van der Waals surface area (Å²) < 4.78 is 13.9. The Kier molecular flexibility index (Phi) is 6.37. The van der Waals surface area contributed by atoms with Crippen LogP contribution in [0.3, 0.4) is 0 Å². The minimum absolute atomic E-state index is 0.135. The van der Waals surface area contributed by atoms with Gasteiger partial charge in [0.15, 0.2) is 0 Å². The van der Waals surface area contributed by atoms with Crippen molar-refractivity contribution in [2.24, 2.45) is 0 Å². The molecule has 0 spiro atoms. The molecule has 0 saturated carbocycles. The number of halogens is 1. The second-order valence-corrected chi connectivity index (χ2v) is 4.93. The zero-order valence-corrected chi connectivity index (χ0v) is 11.6. The van der Waals surface area contributed by atoms with E-state index >= 15 is 0 Å². The van der Waals surface area contributed by atoms with Gasteiger partial charge in [-0.05, 0) is 24.4 Å². The van der Waals surface area contributed by atoms with Crippen molar-refractivity contribution < 1.29 is 4.39 Å². The first kappa shape index (κ1) is 14.3. The number of anilines is 1. The lowest BCUT2D eigenvalue weighted by molar-refractivity contribution is 0.617. The van der Waals surface area contributed by atoms with Gasteiger partial charge in [-0.25, -0.2) is 4.39 Å². The molecule has 0 fully saturated rings. The molecule has 0 unspecified atom stereocenters. The van der Waals surface area contributed by atoms with Gasteiger partial charge in [0.2, 0.25) is 0 Å². The van der Waals surface area contributed by atoms with Crippen LogP contribution in [-0.4, -0.2) is 32.1 Å². The summed E-state index contributed by atoms with van der Waals surface area (Å²) in [6, 6.07) is 5.28. The first-order valence-electron chi connectivity index (χ1n) is 5.88. The van der Waals surface area contributed by atoms with Crippen LogP contribution in [0.1, 0.15) is 12.5 Å². The van der Waals surface area contributed by atoms with Gasteiger partial charge in [0.05, 0.1) is 5.69 Å². The zero-order valence-electron chi connectivity index (χ0n) is 10.8. The van der Waals surface area contributed by atoms with E-state index in [-0.39, 0.29) is 5.82 Å². The third-order valence-electron chi connectivity index (χ3n) is 2.65. The topological polar surface area (TPSA) is 15.3 Å². The van der Waals surface area contributed by atoms with E-state index < -0.39 is 0 Å². The highest BCUT2D eigenvalue weighted by Crippen LogP contribution is 2.23. The third-order valence-corrected chi connectivity index (χ3v) is 3.24. The Morgan fingerprint density at radius 1 is 1.41 bits per heavy atom. The first-order chi connectivity index (χ1) is 8.20. The quantitative estimate of drug-likeness (QED) is 0.807. The molecule has 0 aliphatic heterocycles. The summed E-state index contributed by atoms with van der Waals surface area (Å²) in [4.78, 5) is 2.00. The Hall–Kier alpha value is -0.740. The smallest absolute Gasteiger partial charge is 0.146 e. The van der Waals surface area contributed by atoms with Crippen molar-refractivity contribution in [2.75, 3.05) is 37.0 Å². The average Bonchev–Trinajstić information content (AvgIpc) is 2.33. The first-order valence-corrected chi connectivity index (χ1v) is 7.28. The highest BCUT2D eigenvalue weighted by atomic mass is 32.2. The summed E-state index contributed by atoms with van der Waals surface area (Å²) in [6.45, 7) is 4.52. The molecule has 0 bridgehead atoms. The van der Waals surface area contributed by atoms with Gasteiger partial charge in [0.25, 0.3) is 0 Å². The van der Waals surface area contributed by atoms with Crippen molar-refractivity contribution >= 4 is 17.4 Å². The van der Waals surface area contributed by atoms with Crippen molar-refractivity contribution in [2.45, 2.75) is 13.5 Å². The number of para-hydroxylation sites is 1. The van der Waals surface area contributed by atoms with Crippen LogP contribution in [0.4, 0.5) is 10.1 Å². The second kappa shape index (κ2) is 7.56. The maximum atomic E-state index is 13.9. The second-order valence-electron chi connectivity index (χ2n) is 3.94. The molecule has 4 heteroatoms. The number of hydrogen-bond donors (Lipinski definition) is 1. The number of hydrogen-bond acceptors (Lipinski definition) is 3. The number of rotatable bonds is 7. The summed E-state index contributed by atoms with van der Waals surface area (Å²) >= 11 is 1.77. The molecule has 1 aromatic carbocycles. The van der Waals surface area contributed by atoms with Gasteiger partial charge in [0.1, 0.15) is 5.82 Å². The van der Waals surface area contributed by atoms with Crippen LogP contribution in [0.5, 0.6) is 0 Å². The van der Waals surface area contributed by atoms with Crippen LogP contribution in [-0.2, 0) is 6.54 Å². The summed E-state index contributed by atoms with van der Waals surface area (Å²) in [5.74, 6) is 0.870. The predicted octanol–water partition coefficient (Wildman–Crippen LogP) is 2.73. The summed E-state index contributed by atoms with van der Waals surface area (Å²) in [6.07, 6.45) is 2.06. The van der Waals surface area contributed by atoms with Gasteiger partial charge in [-0.1, -0.05) is 19.1 Å². The number of nitrogens with one attached hydrogen (secondary N) is 1. The Morgan fingerprint density at radius 3 is 2.82 bits per heavy atom. The predicted molar refractivity (Wildman–Crippen MR) is 75.4 cm³/mol. The lowest BCUT2D eigenvalue weighted by Gasteiger charge is -2.23. The highest BCUT2D eigenvalue weighted by molar-refractivity contribution is 7.98. The number of thioether (sulfide) groups is 1. The molecule has 0 heterocycles. The van der Waals surface area contributed by atoms with E-state index in [1.165, 1.54) is 6.07 Å². The van der Waals surface area contributed by atoms with Crippen LogP contribution in [0, 0.1) is 5.82 Å². The normalized spacial score (nSPS) is 10.6. The van der Waals surface area contributed by atoms with Crippen molar-refractivity contribution in [1.82, 2.24) is 5.32 Å². The molecule has 0 radical (unpaired) electrons. The molecule has 0 saturated heterocycles. The van der Waals surface area contributed by atoms with E-state index in [9.17, 15) is 4.39 Å². The molecule has 1 aromatic rings. The van der Waals surface area contributed by atoms with E-state index in [4.69, 9.17) is 0 Å². The van der Waals surface area contributed by atoms with Gasteiger partial charge < -0.3 is 10.2 Å². The van der Waals surface area contributed by atoms with Gasteiger partial charge in [-0.15, -0.1) is 0 Å². The van der Waals surface area contributed by atoms with E-state index in [1.54, 1.807) is 17.8 Å². The molecule has 0 atom stereocenters. The summed E-state index contributed by atoms with van der Waals surface area (Å²) in [5.41, 5.74) is 1.75. The molecule has 0 aliphatic carbocycles. The van der Waals surface area contributed by atoms with Crippen LogP contribution < -0.4 is 10.2 Å². The molecule has 0 aliphatic rings. The maximum absolute atomic E-state index is 13.9. The van der Waals surface area contributed by atoms with E-state index in [0.717, 1.165) is 30.1 Å². The van der Waals surface area contributed by atoms with E-state index in [2.05, 4.69) is 18.5 Å². The van der Waals surface area contributed by atoms with E-state index in [1.807, 2.05) is 18.0 Å². The summed E-state index contributed by atoms with van der Waals surface area (Å²) in [5, 5.41) is 3.24. The standard InChI is InChI=1S/C13H21FN2S/c1-4-15-10-11-6-5-7-12(14)13(11)16(2)8-9-17-3/h5-7,15H,4,8-10H2,1-3H3. The molecular weight excluding hydrogens is 235 g/mol. The van der Waals surface area contributed by atoms with Gasteiger partial charge in [-0.3, -0.25) is 0 Å². The maximum Gasteiger partial charge on any atom is 0.146 e. The molecule has 1 N–H and O–H groups in total. The monoisotopic (exact) mass is 256 g/mol.